The van der Waals surface area contributed by atoms with Gasteiger partial charge in [-0.2, -0.15) is 0 Å². The number of benzene rings is 1. The summed E-state index contributed by atoms with van der Waals surface area (Å²) in [5.74, 6) is -6.26. The van der Waals surface area contributed by atoms with Gasteiger partial charge in [-0.1, -0.05) is 24.3 Å². The Kier molecular flexibility index (Phi) is 4.09. The van der Waals surface area contributed by atoms with Crippen LogP contribution < -0.4 is 4.90 Å². The molecule has 2 aliphatic carbocycles. The first-order valence-electron chi connectivity index (χ1n) is 8.51. The van der Waals surface area contributed by atoms with Gasteiger partial charge in [0.25, 0.3) is 11.8 Å². The lowest BCUT2D eigenvalue weighted by Gasteiger charge is -2.15. The SMILES string of the molecule is O=C(O)c1cccc2c(C(=O)O)c(N3C(=O)c4ccccc4C3=O)c(C(=O)O)c-2c1. The topological polar surface area (TPSA) is 149 Å². The van der Waals surface area contributed by atoms with Crippen molar-refractivity contribution in [2.24, 2.45) is 0 Å². The summed E-state index contributed by atoms with van der Waals surface area (Å²) in [5, 5.41) is 28.9. The van der Waals surface area contributed by atoms with Gasteiger partial charge in [-0.15, -0.1) is 0 Å². The molecule has 148 valence electrons. The average molecular weight is 405 g/mol. The van der Waals surface area contributed by atoms with Crippen molar-refractivity contribution in [3.63, 3.8) is 0 Å². The molecule has 30 heavy (non-hydrogen) atoms. The minimum atomic E-state index is -1.61. The first-order valence-corrected chi connectivity index (χ1v) is 8.51. The minimum Gasteiger partial charge on any atom is -0.478 e. The van der Waals surface area contributed by atoms with Crippen LogP contribution in [0, 0.1) is 0 Å². The number of carbonyl (C=O) groups is 5. The summed E-state index contributed by atoms with van der Waals surface area (Å²) in [6.07, 6.45) is 0. The fourth-order valence-electron chi connectivity index (χ4n) is 3.61. The van der Waals surface area contributed by atoms with Gasteiger partial charge in [-0.25, -0.2) is 19.3 Å². The van der Waals surface area contributed by atoms with E-state index >= 15 is 0 Å². The van der Waals surface area contributed by atoms with Gasteiger partial charge in [0.1, 0.15) is 0 Å². The molecule has 9 nitrogen and oxygen atoms in total. The molecule has 4 rings (SSSR count). The van der Waals surface area contributed by atoms with E-state index in [2.05, 4.69) is 0 Å². The van der Waals surface area contributed by atoms with Crippen LogP contribution in [-0.2, 0) is 0 Å². The monoisotopic (exact) mass is 405 g/mol. The number of amides is 2. The van der Waals surface area contributed by atoms with Gasteiger partial charge < -0.3 is 15.3 Å². The highest BCUT2D eigenvalue weighted by Gasteiger charge is 2.43. The third-order valence-corrected chi connectivity index (χ3v) is 4.83. The van der Waals surface area contributed by atoms with Crippen molar-refractivity contribution in [1.29, 1.82) is 0 Å². The van der Waals surface area contributed by atoms with Crippen molar-refractivity contribution in [2.75, 3.05) is 4.90 Å². The highest BCUT2D eigenvalue weighted by atomic mass is 16.4. The second-order valence-electron chi connectivity index (χ2n) is 6.46. The van der Waals surface area contributed by atoms with Gasteiger partial charge in [-0.05, 0) is 29.8 Å². The van der Waals surface area contributed by atoms with Crippen LogP contribution >= 0.6 is 0 Å². The smallest absolute Gasteiger partial charge is 0.338 e. The van der Waals surface area contributed by atoms with Crippen LogP contribution in [0.3, 0.4) is 0 Å². The molecule has 1 aromatic rings. The maximum atomic E-state index is 12.9. The van der Waals surface area contributed by atoms with Crippen LogP contribution in [0.1, 0.15) is 51.8 Å². The summed E-state index contributed by atoms with van der Waals surface area (Å²) >= 11 is 0. The van der Waals surface area contributed by atoms with E-state index < -0.39 is 46.5 Å². The van der Waals surface area contributed by atoms with E-state index in [1.54, 1.807) is 0 Å². The predicted octanol–water partition coefficient (Wildman–Crippen LogP) is 2.69. The fraction of sp³-hybridized carbons (Fsp3) is 0. The Bertz CT molecular complexity index is 1240. The summed E-state index contributed by atoms with van der Waals surface area (Å²) in [6, 6.07) is 10.5. The number of anilines is 1. The molecule has 1 aliphatic heterocycles. The van der Waals surface area contributed by atoms with Crippen LogP contribution in [0.5, 0.6) is 0 Å². The first kappa shape index (κ1) is 18.8. The van der Waals surface area contributed by atoms with Gasteiger partial charge in [0.2, 0.25) is 0 Å². The molecule has 1 aromatic carbocycles. The number of hydrogen-bond acceptors (Lipinski definition) is 5. The number of carbonyl (C=O) groups excluding carboxylic acids is 2. The highest BCUT2D eigenvalue weighted by molar-refractivity contribution is 6.37. The van der Waals surface area contributed by atoms with Gasteiger partial charge in [-0.3, -0.25) is 9.59 Å². The zero-order valence-electron chi connectivity index (χ0n) is 14.9. The average Bonchev–Trinajstić information content (AvgIpc) is 3.02. The summed E-state index contributed by atoms with van der Waals surface area (Å²) < 4.78 is 0. The summed E-state index contributed by atoms with van der Waals surface area (Å²) in [7, 11) is 0. The van der Waals surface area contributed by atoms with Crippen molar-refractivity contribution < 1.29 is 39.3 Å². The number of nitrogens with zero attached hydrogens (tertiary/aromatic N) is 1. The molecule has 0 atom stereocenters. The molecule has 0 bridgehead atoms. The molecule has 0 saturated heterocycles. The van der Waals surface area contributed by atoms with Gasteiger partial charge in [0.05, 0.1) is 33.5 Å². The van der Waals surface area contributed by atoms with Crippen LogP contribution in [0.4, 0.5) is 5.69 Å². The van der Waals surface area contributed by atoms with Crippen molar-refractivity contribution in [2.45, 2.75) is 0 Å². The largest absolute Gasteiger partial charge is 0.478 e. The van der Waals surface area contributed by atoms with E-state index in [0.29, 0.717) is 4.90 Å². The number of carboxylic acid groups (broad SMARTS) is 3. The molecule has 2 amide bonds. The summed E-state index contributed by atoms with van der Waals surface area (Å²) in [5.41, 5.74) is -2.41. The third-order valence-electron chi connectivity index (χ3n) is 4.83. The minimum absolute atomic E-state index is 0.0113. The van der Waals surface area contributed by atoms with Crippen LogP contribution in [0.2, 0.25) is 0 Å². The maximum Gasteiger partial charge on any atom is 0.338 e. The van der Waals surface area contributed by atoms with Crippen molar-refractivity contribution in [1.82, 2.24) is 0 Å². The Hall–Kier alpha value is -4.53. The highest BCUT2D eigenvalue weighted by Crippen LogP contribution is 2.45. The maximum absolute atomic E-state index is 12.9. The van der Waals surface area contributed by atoms with Crippen LogP contribution in [-0.4, -0.2) is 45.0 Å². The second-order valence-corrected chi connectivity index (χ2v) is 6.46. The Labute approximate surface area is 167 Å². The number of aromatic carboxylic acids is 3. The molecule has 3 N–H and O–H groups in total. The molecule has 0 aromatic heterocycles. The van der Waals surface area contributed by atoms with E-state index in [1.165, 1.54) is 42.5 Å². The lowest BCUT2D eigenvalue weighted by molar-refractivity contribution is 0.0683. The zero-order chi connectivity index (χ0) is 21.7. The molecule has 1 heterocycles. The van der Waals surface area contributed by atoms with Crippen molar-refractivity contribution in [3.05, 3.63) is 76.3 Å². The van der Waals surface area contributed by atoms with Crippen molar-refractivity contribution >= 4 is 35.4 Å². The predicted molar refractivity (Wildman–Crippen MR) is 102 cm³/mol. The number of imide groups is 1. The van der Waals surface area contributed by atoms with E-state index in [0.717, 1.165) is 6.07 Å². The second kappa shape index (κ2) is 6.52. The summed E-state index contributed by atoms with van der Waals surface area (Å²) in [4.78, 5) is 61.9. The molecular weight excluding hydrogens is 394 g/mol. The number of rotatable bonds is 4. The van der Waals surface area contributed by atoms with E-state index in [-0.39, 0.29) is 27.8 Å². The third kappa shape index (κ3) is 2.53. The molecule has 9 heteroatoms. The number of carboxylic acids is 3. The molecule has 3 aliphatic rings. The fourth-order valence-corrected chi connectivity index (χ4v) is 3.61. The first-order chi connectivity index (χ1) is 14.2. The number of fused-ring (bicyclic) bond motifs is 2. The molecule has 0 unspecified atom stereocenters. The molecule has 0 spiro atoms. The lowest BCUT2D eigenvalue weighted by atomic mass is 10.1. The van der Waals surface area contributed by atoms with E-state index in [4.69, 9.17) is 0 Å². The number of hydrogen-bond donors (Lipinski definition) is 3. The molecular formula is C21H11NO8. The molecule has 0 radical (unpaired) electrons. The summed E-state index contributed by atoms with van der Waals surface area (Å²) in [6.45, 7) is 0. The Morgan fingerprint density at radius 1 is 0.633 bits per heavy atom. The lowest BCUT2D eigenvalue weighted by Crippen LogP contribution is -2.31. The standard InChI is InChI=1S/C21H11NO8/c23-17-11-5-1-2-6-12(11)18(24)22(17)16-14(20(27)28)10-7-3-4-9(19(25)26)8-13(10)15(16)21(29)30/h1-8H,(H,25,26)(H,27,28)(H,29,30). The Morgan fingerprint density at radius 2 is 1.13 bits per heavy atom. The van der Waals surface area contributed by atoms with Gasteiger partial charge in [0, 0.05) is 5.56 Å². The van der Waals surface area contributed by atoms with E-state index in [9.17, 15) is 39.3 Å². The Morgan fingerprint density at radius 3 is 1.63 bits per heavy atom. The van der Waals surface area contributed by atoms with Crippen LogP contribution in [0.25, 0.3) is 11.1 Å². The molecule has 0 saturated carbocycles. The zero-order valence-corrected chi connectivity index (χ0v) is 14.9. The Balaban J connectivity index is 2.12. The van der Waals surface area contributed by atoms with Crippen molar-refractivity contribution in [3.8, 4) is 11.1 Å². The van der Waals surface area contributed by atoms with Gasteiger partial charge >= 0.3 is 17.9 Å². The molecule has 0 fully saturated rings. The van der Waals surface area contributed by atoms with E-state index in [1.807, 2.05) is 0 Å². The van der Waals surface area contributed by atoms with Gasteiger partial charge in [0.15, 0.2) is 0 Å². The quantitative estimate of drug-likeness (QED) is 0.561. The normalized spacial score (nSPS) is 12.9. The van der Waals surface area contributed by atoms with Crippen LogP contribution in [0.15, 0.2) is 48.5 Å².